The summed E-state index contributed by atoms with van der Waals surface area (Å²) in [7, 11) is 0. The molecule has 0 bridgehead atoms. The van der Waals surface area contributed by atoms with Crippen molar-refractivity contribution in [3.63, 3.8) is 0 Å². The minimum atomic E-state index is -0.879. The third kappa shape index (κ3) is 4.58. The summed E-state index contributed by atoms with van der Waals surface area (Å²) in [5, 5.41) is 5.83. The van der Waals surface area contributed by atoms with Crippen LogP contribution in [0.1, 0.15) is 17.2 Å². The number of carbonyl (C=O) groups excluding carboxylic acids is 2. The van der Waals surface area contributed by atoms with Gasteiger partial charge in [-0.25, -0.2) is 4.79 Å². The maximum Gasteiger partial charge on any atom is 0.318 e. The molecule has 0 aliphatic carbocycles. The van der Waals surface area contributed by atoms with Crippen molar-refractivity contribution in [2.24, 2.45) is 5.73 Å². The molecule has 2 rings (SSSR count). The molecule has 0 aromatic heterocycles. The van der Waals surface area contributed by atoms with Gasteiger partial charge in [-0.15, -0.1) is 0 Å². The van der Waals surface area contributed by atoms with Crippen LogP contribution in [-0.4, -0.2) is 11.9 Å². The van der Waals surface area contributed by atoms with E-state index in [1.54, 1.807) is 18.2 Å². The molecule has 0 unspecified atom stereocenters. The average molecular weight is 318 g/mol. The van der Waals surface area contributed by atoms with Gasteiger partial charge in [0.2, 0.25) is 5.91 Å². The average Bonchev–Trinajstić information content (AvgIpc) is 2.48. The molecule has 3 amide bonds. The van der Waals surface area contributed by atoms with Crippen LogP contribution in [0.4, 0.5) is 4.79 Å². The molecule has 114 valence electrons. The first-order valence-corrected chi connectivity index (χ1v) is 7.07. The molecule has 0 aliphatic heterocycles. The number of urea groups is 1. The van der Waals surface area contributed by atoms with Gasteiger partial charge < -0.3 is 5.73 Å². The van der Waals surface area contributed by atoms with Crippen LogP contribution >= 0.6 is 11.6 Å². The number of hydrogen-bond acceptors (Lipinski definition) is 3. The Morgan fingerprint density at radius 1 is 1.09 bits per heavy atom. The fourth-order valence-electron chi connectivity index (χ4n) is 2.07. The SMILES string of the molecule is NC(=O)NC(=O)[C@H](NCc1cccc(Cl)c1)c1ccccc1. The molecule has 22 heavy (non-hydrogen) atoms. The van der Waals surface area contributed by atoms with E-state index in [0.717, 1.165) is 11.1 Å². The van der Waals surface area contributed by atoms with E-state index in [1.165, 1.54) is 0 Å². The molecule has 0 saturated carbocycles. The summed E-state index contributed by atoms with van der Waals surface area (Å²) < 4.78 is 0. The number of amides is 3. The number of imide groups is 1. The Morgan fingerprint density at radius 3 is 2.45 bits per heavy atom. The molecule has 0 radical (unpaired) electrons. The van der Waals surface area contributed by atoms with Gasteiger partial charge >= 0.3 is 6.03 Å². The van der Waals surface area contributed by atoms with Crippen molar-refractivity contribution in [3.05, 3.63) is 70.7 Å². The minimum Gasteiger partial charge on any atom is -0.351 e. The van der Waals surface area contributed by atoms with E-state index in [1.807, 2.05) is 36.4 Å². The Kier molecular flexibility index (Phi) is 5.52. The van der Waals surface area contributed by atoms with Crippen LogP contribution in [-0.2, 0) is 11.3 Å². The molecule has 0 saturated heterocycles. The van der Waals surface area contributed by atoms with E-state index < -0.39 is 18.0 Å². The van der Waals surface area contributed by atoms with Crippen molar-refractivity contribution in [2.45, 2.75) is 12.6 Å². The molecule has 0 spiro atoms. The maximum absolute atomic E-state index is 12.1. The number of halogens is 1. The normalized spacial score (nSPS) is 11.7. The number of benzene rings is 2. The minimum absolute atomic E-state index is 0.423. The summed E-state index contributed by atoms with van der Waals surface area (Å²) in [6.45, 7) is 0.423. The van der Waals surface area contributed by atoms with E-state index in [-0.39, 0.29) is 0 Å². The van der Waals surface area contributed by atoms with Crippen molar-refractivity contribution in [1.29, 1.82) is 0 Å². The lowest BCUT2D eigenvalue weighted by molar-refractivity contribution is -0.122. The smallest absolute Gasteiger partial charge is 0.318 e. The number of nitrogens with two attached hydrogens (primary N) is 1. The molecular weight excluding hydrogens is 302 g/mol. The second-order valence-corrected chi connectivity index (χ2v) is 5.14. The second kappa shape index (κ2) is 7.59. The Hall–Kier alpha value is -2.37. The van der Waals surface area contributed by atoms with Crippen LogP contribution in [0.25, 0.3) is 0 Å². The molecule has 6 heteroatoms. The van der Waals surface area contributed by atoms with Crippen LogP contribution < -0.4 is 16.4 Å². The summed E-state index contributed by atoms with van der Waals surface area (Å²) in [6, 6.07) is 14.8. The van der Waals surface area contributed by atoms with E-state index >= 15 is 0 Å². The van der Waals surface area contributed by atoms with Crippen molar-refractivity contribution < 1.29 is 9.59 Å². The summed E-state index contributed by atoms with van der Waals surface area (Å²) in [5.74, 6) is -0.499. The Bertz CT molecular complexity index is 661. The zero-order chi connectivity index (χ0) is 15.9. The van der Waals surface area contributed by atoms with E-state index in [9.17, 15) is 9.59 Å². The predicted molar refractivity (Wildman–Crippen MR) is 85.2 cm³/mol. The molecule has 4 N–H and O–H groups in total. The first-order chi connectivity index (χ1) is 10.6. The summed E-state index contributed by atoms with van der Waals surface area (Å²) >= 11 is 5.94. The van der Waals surface area contributed by atoms with E-state index in [4.69, 9.17) is 17.3 Å². The number of primary amides is 1. The van der Waals surface area contributed by atoms with Gasteiger partial charge in [-0.3, -0.25) is 15.4 Å². The fourth-order valence-corrected chi connectivity index (χ4v) is 2.28. The van der Waals surface area contributed by atoms with Gasteiger partial charge in [0.1, 0.15) is 6.04 Å². The van der Waals surface area contributed by atoms with Gasteiger partial charge in [0.15, 0.2) is 0 Å². The summed E-state index contributed by atoms with van der Waals surface area (Å²) in [5.41, 5.74) is 6.69. The highest BCUT2D eigenvalue weighted by Gasteiger charge is 2.21. The quantitative estimate of drug-likeness (QED) is 0.791. The zero-order valence-electron chi connectivity index (χ0n) is 11.8. The van der Waals surface area contributed by atoms with Crippen LogP contribution in [0.3, 0.4) is 0 Å². The van der Waals surface area contributed by atoms with Crippen LogP contribution in [0.2, 0.25) is 5.02 Å². The van der Waals surface area contributed by atoms with Gasteiger partial charge in [-0.05, 0) is 23.3 Å². The molecular formula is C16H16ClN3O2. The molecule has 5 nitrogen and oxygen atoms in total. The van der Waals surface area contributed by atoms with Crippen LogP contribution in [0.15, 0.2) is 54.6 Å². The van der Waals surface area contributed by atoms with Gasteiger partial charge in [0, 0.05) is 11.6 Å². The number of hydrogen-bond donors (Lipinski definition) is 3. The van der Waals surface area contributed by atoms with Crippen LogP contribution in [0.5, 0.6) is 0 Å². The van der Waals surface area contributed by atoms with Gasteiger partial charge in [-0.1, -0.05) is 54.1 Å². The summed E-state index contributed by atoms with van der Waals surface area (Å²) in [6.07, 6.45) is 0. The van der Waals surface area contributed by atoms with Gasteiger partial charge in [0.25, 0.3) is 0 Å². The largest absolute Gasteiger partial charge is 0.351 e. The Morgan fingerprint density at radius 2 is 1.82 bits per heavy atom. The maximum atomic E-state index is 12.1. The topological polar surface area (TPSA) is 84.2 Å². The third-order valence-corrected chi connectivity index (χ3v) is 3.28. The third-order valence-electron chi connectivity index (χ3n) is 3.04. The highest BCUT2D eigenvalue weighted by Crippen LogP contribution is 2.15. The summed E-state index contributed by atoms with van der Waals surface area (Å²) in [4.78, 5) is 23.1. The van der Waals surface area contributed by atoms with Gasteiger partial charge in [-0.2, -0.15) is 0 Å². The van der Waals surface area contributed by atoms with Crippen molar-refractivity contribution >= 4 is 23.5 Å². The van der Waals surface area contributed by atoms with E-state index in [0.29, 0.717) is 11.6 Å². The lowest BCUT2D eigenvalue weighted by Gasteiger charge is -2.18. The van der Waals surface area contributed by atoms with Crippen molar-refractivity contribution in [1.82, 2.24) is 10.6 Å². The number of carbonyl (C=O) groups is 2. The molecule has 2 aromatic rings. The second-order valence-electron chi connectivity index (χ2n) is 4.71. The van der Waals surface area contributed by atoms with E-state index in [2.05, 4.69) is 10.6 Å². The Balaban J connectivity index is 2.14. The predicted octanol–water partition coefficient (Wildman–Crippen LogP) is 2.37. The fraction of sp³-hybridized carbons (Fsp3) is 0.125. The number of rotatable bonds is 5. The molecule has 0 heterocycles. The van der Waals surface area contributed by atoms with Crippen molar-refractivity contribution in [3.8, 4) is 0 Å². The molecule has 0 fully saturated rings. The van der Waals surface area contributed by atoms with Crippen molar-refractivity contribution in [2.75, 3.05) is 0 Å². The molecule has 1 atom stereocenters. The lowest BCUT2D eigenvalue weighted by Crippen LogP contribution is -2.42. The first kappa shape index (κ1) is 16.0. The standard InChI is InChI=1S/C16H16ClN3O2/c17-13-8-4-5-11(9-13)10-19-14(15(21)20-16(18)22)12-6-2-1-3-7-12/h1-9,14,19H,10H2,(H3,18,20,21,22)/t14-/m1/s1. The molecule has 2 aromatic carbocycles. The zero-order valence-corrected chi connectivity index (χ0v) is 12.5. The number of nitrogens with one attached hydrogen (secondary N) is 2. The highest BCUT2D eigenvalue weighted by atomic mass is 35.5. The molecule has 0 aliphatic rings. The lowest BCUT2D eigenvalue weighted by atomic mass is 10.1. The van der Waals surface area contributed by atoms with Gasteiger partial charge in [0.05, 0.1) is 0 Å². The highest BCUT2D eigenvalue weighted by molar-refractivity contribution is 6.30. The Labute approximate surface area is 133 Å². The monoisotopic (exact) mass is 317 g/mol. The first-order valence-electron chi connectivity index (χ1n) is 6.69. The van der Waals surface area contributed by atoms with Crippen LogP contribution in [0, 0.1) is 0 Å².